The van der Waals surface area contributed by atoms with Gasteiger partial charge in [-0.1, -0.05) is 72.6 Å². The van der Waals surface area contributed by atoms with E-state index in [1.807, 2.05) is 6.92 Å². The van der Waals surface area contributed by atoms with E-state index in [9.17, 15) is 24.3 Å². The predicted molar refractivity (Wildman–Crippen MR) is 133 cm³/mol. The van der Waals surface area contributed by atoms with Crippen LogP contribution >= 0.6 is 23.2 Å². The zero-order valence-corrected chi connectivity index (χ0v) is 20.5. The van der Waals surface area contributed by atoms with Gasteiger partial charge in [-0.15, -0.1) is 0 Å². The molecule has 0 unspecified atom stereocenters. The molecule has 0 aliphatic rings. The zero-order valence-electron chi connectivity index (χ0n) is 18.9. The average Bonchev–Trinajstić information content (AvgIpc) is 2.86. The summed E-state index contributed by atoms with van der Waals surface area (Å²) in [5.74, 6) is -4.93. The van der Waals surface area contributed by atoms with Crippen molar-refractivity contribution >= 4 is 52.7 Å². The Bertz CT molecular complexity index is 1290. The number of hydrogen-bond acceptors (Lipinski definition) is 6. The summed E-state index contributed by atoms with van der Waals surface area (Å²) in [6, 6.07) is 18.5. The molecule has 2 N–H and O–H groups in total. The number of ether oxygens (including phenoxy) is 2. The Morgan fingerprint density at radius 1 is 0.778 bits per heavy atom. The maximum absolute atomic E-state index is 13.3. The number of halogens is 2. The zero-order chi connectivity index (χ0) is 26.2. The molecule has 0 bridgehead atoms. The number of carbonyl (C=O) groups is 4. The van der Waals surface area contributed by atoms with Gasteiger partial charge in [-0.3, -0.25) is 4.79 Å². The highest BCUT2D eigenvalue weighted by atomic mass is 35.5. The molecular formula is C26H21Cl2NO7. The molecule has 1 amide bonds. The minimum absolute atomic E-state index is 0.0116. The highest BCUT2D eigenvalue weighted by molar-refractivity contribution is 6.34. The van der Waals surface area contributed by atoms with Gasteiger partial charge in [0.05, 0.1) is 21.2 Å². The van der Waals surface area contributed by atoms with Gasteiger partial charge in [-0.05, 0) is 42.3 Å². The highest BCUT2D eigenvalue weighted by Crippen LogP contribution is 2.22. The van der Waals surface area contributed by atoms with Crippen molar-refractivity contribution in [1.29, 1.82) is 0 Å². The fourth-order valence-electron chi connectivity index (χ4n) is 3.26. The molecule has 3 rings (SSSR count). The fraction of sp³-hybridized carbons (Fsp3) is 0.154. The van der Waals surface area contributed by atoms with Gasteiger partial charge >= 0.3 is 17.9 Å². The molecule has 0 saturated carbocycles. The molecule has 0 heterocycles. The Morgan fingerprint density at radius 2 is 1.25 bits per heavy atom. The van der Waals surface area contributed by atoms with E-state index in [0.29, 0.717) is 12.1 Å². The van der Waals surface area contributed by atoms with Gasteiger partial charge in [-0.2, -0.15) is 0 Å². The quantitative estimate of drug-likeness (QED) is 0.373. The van der Waals surface area contributed by atoms with Crippen molar-refractivity contribution in [2.45, 2.75) is 25.6 Å². The third-order valence-electron chi connectivity index (χ3n) is 5.09. The number of carbonyl (C=O) groups excluding carboxylic acids is 3. The minimum atomic E-state index is -2.20. The van der Waals surface area contributed by atoms with Crippen molar-refractivity contribution in [3.05, 3.63) is 99.5 Å². The Hall–Kier alpha value is -3.88. The van der Waals surface area contributed by atoms with Gasteiger partial charge in [-0.25, -0.2) is 14.4 Å². The SMILES string of the molecule is CCc1ccccc1NC(=O)[C@@H](OC(=O)c1ccccc1Cl)[C@@H](OC(=O)c1ccccc1Cl)C(=O)O. The Kier molecular flexibility index (Phi) is 9.05. The van der Waals surface area contributed by atoms with Crippen LogP contribution in [0.1, 0.15) is 33.2 Å². The van der Waals surface area contributed by atoms with E-state index in [2.05, 4.69) is 5.32 Å². The van der Waals surface area contributed by atoms with Gasteiger partial charge in [0.2, 0.25) is 12.2 Å². The Balaban J connectivity index is 1.97. The third-order valence-corrected chi connectivity index (χ3v) is 5.75. The number of rotatable bonds is 9. The second-order valence-corrected chi connectivity index (χ2v) is 8.26. The van der Waals surface area contributed by atoms with E-state index < -0.39 is 36.0 Å². The van der Waals surface area contributed by atoms with Crippen molar-refractivity contribution in [3.63, 3.8) is 0 Å². The molecule has 3 aromatic rings. The lowest BCUT2D eigenvalue weighted by atomic mass is 10.1. The van der Waals surface area contributed by atoms with Crippen LogP contribution in [0.5, 0.6) is 0 Å². The summed E-state index contributed by atoms with van der Waals surface area (Å²) in [6.07, 6.45) is -3.71. The first-order valence-electron chi connectivity index (χ1n) is 10.8. The molecule has 0 radical (unpaired) electrons. The summed E-state index contributed by atoms with van der Waals surface area (Å²) in [7, 11) is 0. The van der Waals surface area contributed by atoms with Crippen LogP contribution in [0.3, 0.4) is 0 Å². The molecule has 8 nitrogen and oxygen atoms in total. The number of esters is 2. The molecule has 0 aliphatic carbocycles. The van der Waals surface area contributed by atoms with Crippen molar-refractivity contribution in [3.8, 4) is 0 Å². The lowest BCUT2D eigenvalue weighted by molar-refractivity contribution is -0.157. The summed E-state index contributed by atoms with van der Waals surface area (Å²) >= 11 is 12.1. The van der Waals surface area contributed by atoms with Crippen molar-refractivity contribution in [1.82, 2.24) is 0 Å². The molecular weight excluding hydrogens is 509 g/mol. The number of aliphatic carboxylic acids is 1. The molecule has 0 saturated heterocycles. The summed E-state index contributed by atoms with van der Waals surface area (Å²) in [5, 5.41) is 12.5. The molecule has 0 aromatic heterocycles. The number of para-hydroxylation sites is 1. The summed E-state index contributed by atoms with van der Waals surface area (Å²) in [6.45, 7) is 1.87. The number of anilines is 1. The van der Waals surface area contributed by atoms with Crippen LogP contribution in [0.2, 0.25) is 10.0 Å². The van der Waals surface area contributed by atoms with E-state index in [1.165, 1.54) is 36.4 Å². The average molecular weight is 530 g/mol. The highest BCUT2D eigenvalue weighted by Gasteiger charge is 2.41. The van der Waals surface area contributed by atoms with Gasteiger partial charge in [0, 0.05) is 5.69 Å². The normalized spacial score (nSPS) is 12.2. The van der Waals surface area contributed by atoms with Gasteiger partial charge in [0.25, 0.3) is 5.91 Å². The van der Waals surface area contributed by atoms with Crippen LogP contribution < -0.4 is 5.32 Å². The summed E-state index contributed by atoms with van der Waals surface area (Å²) < 4.78 is 10.4. The van der Waals surface area contributed by atoms with E-state index in [4.69, 9.17) is 32.7 Å². The molecule has 10 heteroatoms. The molecule has 3 aromatic carbocycles. The van der Waals surface area contributed by atoms with Crippen molar-refractivity contribution in [2.75, 3.05) is 5.32 Å². The van der Waals surface area contributed by atoms with E-state index in [0.717, 1.165) is 5.56 Å². The Morgan fingerprint density at radius 3 is 1.75 bits per heavy atom. The smallest absolute Gasteiger partial charge is 0.349 e. The van der Waals surface area contributed by atoms with Crippen molar-refractivity contribution in [2.24, 2.45) is 0 Å². The van der Waals surface area contributed by atoms with Crippen LogP contribution in [0.4, 0.5) is 5.69 Å². The van der Waals surface area contributed by atoms with Gasteiger partial charge in [0.15, 0.2) is 0 Å². The molecule has 0 aliphatic heterocycles. The van der Waals surface area contributed by atoms with Crippen LogP contribution in [-0.2, 0) is 25.5 Å². The fourth-order valence-corrected chi connectivity index (χ4v) is 3.69. The van der Waals surface area contributed by atoms with E-state index >= 15 is 0 Å². The number of amides is 1. The third kappa shape index (κ3) is 6.41. The van der Waals surface area contributed by atoms with Crippen LogP contribution in [-0.4, -0.2) is 41.1 Å². The molecule has 0 fully saturated rings. The number of aryl methyl sites for hydroxylation is 1. The number of benzene rings is 3. The topological polar surface area (TPSA) is 119 Å². The number of nitrogens with one attached hydrogen (secondary N) is 1. The largest absolute Gasteiger partial charge is 0.478 e. The standard InChI is InChI=1S/C26H21Cl2NO7/c1-2-15-9-3-8-14-20(15)29-23(30)21(35-25(33)16-10-4-6-12-18(16)27)22(24(31)32)36-26(34)17-11-5-7-13-19(17)28/h3-14,21-22H,2H2,1H3,(H,29,30)(H,31,32)/t21-,22+/m0/s1. The molecule has 0 spiro atoms. The van der Waals surface area contributed by atoms with E-state index in [-0.39, 0.29) is 21.2 Å². The van der Waals surface area contributed by atoms with E-state index in [1.54, 1.807) is 36.4 Å². The van der Waals surface area contributed by atoms with Crippen molar-refractivity contribution < 1.29 is 33.8 Å². The first-order valence-corrected chi connectivity index (χ1v) is 11.5. The monoisotopic (exact) mass is 529 g/mol. The van der Waals surface area contributed by atoms with Gasteiger partial charge < -0.3 is 19.9 Å². The number of carboxylic acid groups (broad SMARTS) is 1. The number of carboxylic acids is 1. The maximum atomic E-state index is 13.3. The second-order valence-electron chi connectivity index (χ2n) is 7.45. The number of hydrogen-bond donors (Lipinski definition) is 2. The lowest BCUT2D eigenvalue weighted by Gasteiger charge is -2.24. The minimum Gasteiger partial charge on any atom is -0.478 e. The molecule has 186 valence electrons. The van der Waals surface area contributed by atoms with Crippen LogP contribution in [0.25, 0.3) is 0 Å². The molecule has 2 atom stereocenters. The predicted octanol–water partition coefficient (Wildman–Crippen LogP) is 5.03. The Labute approximate surface area is 216 Å². The lowest BCUT2D eigenvalue weighted by Crippen LogP contribution is -2.48. The van der Waals surface area contributed by atoms with Crippen LogP contribution in [0.15, 0.2) is 72.8 Å². The maximum Gasteiger partial charge on any atom is 0.349 e. The first-order chi connectivity index (χ1) is 17.2. The first kappa shape index (κ1) is 26.7. The summed E-state index contributed by atoms with van der Waals surface area (Å²) in [4.78, 5) is 51.0. The second kappa shape index (κ2) is 12.2. The van der Waals surface area contributed by atoms with Gasteiger partial charge in [0.1, 0.15) is 0 Å². The molecule has 36 heavy (non-hydrogen) atoms. The summed E-state index contributed by atoms with van der Waals surface area (Å²) in [5.41, 5.74) is 0.901. The van der Waals surface area contributed by atoms with Crippen LogP contribution in [0, 0.1) is 0 Å².